The van der Waals surface area contributed by atoms with Gasteiger partial charge in [0.15, 0.2) is 0 Å². The Kier molecular flexibility index (Phi) is 6.80. The molecule has 2 atom stereocenters. The van der Waals surface area contributed by atoms with Crippen LogP contribution in [0, 0.1) is 0 Å². The maximum absolute atomic E-state index is 11.1. The van der Waals surface area contributed by atoms with E-state index in [2.05, 4.69) is 5.32 Å². The van der Waals surface area contributed by atoms with Crippen molar-refractivity contribution in [2.24, 2.45) is 5.73 Å². The molecular formula is C8H18N2O2S. The van der Waals surface area contributed by atoms with E-state index in [1.54, 1.807) is 0 Å². The Morgan fingerprint density at radius 1 is 1.54 bits per heavy atom. The predicted octanol–water partition coefficient (Wildman–Crippen LogP) is -0.391. The van der Waals surface area contributed by atoms with Crippen LogP contribution in [0.2, 0.25) is 0 Å². The third-order valence-electron chi connectivity index (χ3n) is 1.73. The maximum Gasteiger partial charge on any atom is 0.236 e. The quantitative estimate of drug-likeness (QED) is 0.621. The number of carbonyl (C=O) groups excluding carboxylic acids is 1. The van der Waals surface area contributed by atoms with Gasteiger partial charge in [-0.25, -0.2) is 0 Å². The van der Waals surface area contributed by atoms with Gasteiger partial charge in [0.2, 0.25) is 5.91 Å². The smallest absolute Gasteiger partial charge is 0.236 e. The zero-order valence-electron chi connectivity index (χ0n) is 8.21. The van der Waals surface area contributed by atoms with Gasteiger partial charge in [0.1, 0.15) is 0 Å². The van der Waals surface area contributed by atoms with Crippen LogP contribution in [0.1, 0.15) is 20.3 Å². The van der Waals surface area contributed by atoms with E-state index in [-0.39, 0.29) is 5.91 Å². The summed E-state index contributed by atoms with van der Waals surface area (Å²) < 4.78 is 11.0. The predicted molar refractivity (Wildman–Crippen MR) is 54.8 cm³/mol. The molecule has 0 heterocycles. The van der Waals surface area contributed by atoms with Crippen molar-refractivity contribution in [3.63, 3.8) is 0 Å². The van der Waals surface area contributed by atoms with Gasteiger partial charge in [-0.15, -0.1) is 0 Å². The highest BCUT2D eigenvalue weighted by Gasteiger charge is 2.09. The van der Waals surface area contributed by atoms with Crippen molar-refractivity contribution in [2.75, 3.05) is 18.1 Å². The molecule has 13 heavy (non-hydrogen) atoms. The molecule has 0 spiro atoms. The van der Waals surface area contributed by atoms with Crippen LogP contribution in [0.25, 0.3) is 0 Å². The monoisotopic (exact) mass is 206 g/mol. The largest absolute Gasteiger partial charge is 0.354 e. The van der Waals surface area contributed by atoms with Gasteiger partial charge in [0, 0.05) is 28.9 Å². The first-order chi connectivity index (χ1) is 6.11. The highest BCUT2D eigenvalue weighted by molar-refractivity contribution is 7.84. The highest BCUT2D eigenvalue weighted by Crippen LogP contribution is 1.85. The number of hydrogen-bond donors (Lipinski definition) is 2. The van der Waals surface area contributed by atoms with Gasteiger partial charge in [-0.2, -0.15) is 0 Å². The van der Waals surface area contributed by atoms with Gasteiger partial charge in [-0.05, 0) is 6.42 Å². The van der Waals surface area contributed by atoms with E-state index < -0.39 is 16.8 Å². The Morgan fingerprint density at radius 2 is 2.15 bits per heavy atom. The number of carbonyl (C=O) groups is 1. The van der Waals surface area contributed by atoms with Crippen molar-refractivity contribution in [3.05, 3.63) is 0 Å². The molecule has 0 fully saturated rings. The molecule has 0 rings (SSSR count). The molecule has 0 aromatic rings. The third-order valence-corrected chi connectivity index (χ3v) is 3.03. The van der Waals surface area contributed by atoms with Crippen molar-refractivity contribution in [3.8, 4) is 0 Å². The van der Waals surface area contributed by atoms with E-state index in [4.69, 9.17) is 5.73 Å². The molecule has 0 saturated carbocycles. The summed E-state index contributed by atoms with van der Waals surface area (Å²) in [6, 6.07) is -0.435. The minimum Gasteiger partial charge on any atom is -0.354 e. The van der Waals surface area contributed by atoms with Crippen LogP contribution in [0.5, 0.6) is 0 Å². The average Bonchev–Trinajstić information content (AvgIpc) is 2.15. The van der Waals surface area contributed by atoms with E-state index in [9.17, 15) is 9.00 Å². The zero-order valence-corrected chi connectivity index (χ0v) is 9.02. The zero-order chi connectivity index (χ0) is 10.3. The van der Waals surface area contributed by atoms with Crippen LogP contribution in [-0.2, 0) is 15.6 Å². The molecule has 0 aliphatic heterocycles. The topological polar surface area (TPSA) is 72.2 Å². The van der Waals surface area contributed by atoms with E-state index in [1.807, 2.05) is 13.8 Å². The first-order valence-electron chi connectivity index (χ1n) is 4.50. The van der Waals surface area contributed by atoms with Gasteiger partial charge in [0.05, 0.1) is 6.04 Å². The minimum atomic E-state index is -0.814. The first kappa shape index (κ1) is 12.6. The Morgan fingerprint density at radius 3 is 2.62 bits per heavy atom. The van der Waals surface area contributed by atoms with Crippen LogP contribution < -0.4 is 11.1 Å². The van der Waals surface area contributed by atoms with Crippen LogP contribution in [-0.4, -0.2) is 34.2 Å². The van der Waals surface area contributed by atoms with E-state index >= 15 is 0 Å². The van der Waals surface area contributed by atoms with Crippen LogP contribution in [0.4, 0.5) is 0 Å². The van der Waals surface area contributed by atoms with Crippen LogP contribution >= 0.6 is 0 Å². The van der Waals surface area contributed by atoms with Gasteiger partial charge in [0.25, 0.3) is 0 Å². The van der Waals surface area contributed by atoms with Gasteiger partial charge in [-0.1, -0.05) is 13.8 Å². The lowest BCUT2D eigenvalue weighted by Gasteiger charge is -2.09. The fraction of sp³-hybridized carbons (Fsp3) is 0.875. The second kappa shape index (κ2) is 7.03. The molecule has 0 bridgehead atoms. The van der Waals surface area contributed by atoms with Crippen molar-refractivity contribution in [1.82, 2.24) is 5.32 Å². The van der Waals surface area contributed by atoms with Crippen LogP contribution in [0.15, 0.2) is 0 Å². The fourth-order valence-corrected chi connectivity index (χ4v) is 1.37. The lowest BCUT2D eigenvalue weighted by Crippen LogP contribution is -2.41. The summed E-state index contributed by atoms with van der Waals surface area (Å²) in [5.41, 5.74) is 5.48. The first-order valence-corrected chi connectivity index (χ1v) is 5.98. The molecule has 0 aromatic carbocycles. The molecule has 5 heteroatoms. The SMILES string of the molecule is CC[C@H](N)C(=O)NCCS(=O)CC. The molecule has 0 saturated heterocycles. The maximum atomic E-state index is 11.1. The highest BCUT2D eigenvalue weighted by atomic mass is 32.2. The summed E-state index contributed by atoms with van der Waals surface area (Å²) in [4.78, 5) is 11.1. The number of nitrogens with two attached hydrogens (primary N) is 1. The second-order valence-corrected chi connectivity index (χ2v) is 4.60. The Balaban J connectivity index is 3.53. The van der Waals surface area contributed by atoms with Crippen molar-refractivity contribution in [2.45, 2.75) is 26.3 Å². The van der Waals surface area contributed by atoms with Crippen LogP contribution in [0.3, 0.4) is 0 Å². The normalized spacial score (nSPS) is 15.0. The summed E-state index contributed by atoms with van der Waals surface area (Å²) in [6.45, 7) is 4.16. The summed E-state index contributed by atoms with van der Waals surface area (Å²) in [5, 5.41) is 2.64. The molecule has 1 unspecified atom stereocenters. The number of nitrogens with one attached hydrogen (secondary N) is 1. The molecular weight excluding hydrogens is 188 g/mol. The summed E-state index contributed by atoms with van der Waals surface area (Å²) in [5.74, 6) is 0.990. The summed E-state index contributed by atoms with van der Waals surface area (Å²) in [6.07, 6.45) is 0.628. The molecule has 0 aliphatic rings. The van der Waals surface area contributed by atoms with Gasteiger partial charge in [-0.3, -0.25) is 9.00 Å². The van der Waals surface area contributed by atoms with Crippen molar-refractivity contribution >= 4 is 16.7 Å². The average molecular weight is 206 g/mol. The Bertz CT molecular complexity index is 185. The van der Waals surface area contributed by atoms with E-state index in [1.165, 1.54) is 0 Å². The number of amides is 1. The Labute approximate surface area is 81.7 Å². The van der Waals surface area contributed by atoms with E-state index in [0.29, 0.717) is 24.5 Å². The molecule has 0 aliphatic carbocycles. The summed E-state index contributed by atoms with van der Waals surface area (Å²) >= 11 is 0. The van der Waals surface area contributed by atoms with Crippen molar-refractivity contribution in [1.29, 1.82) is 0 Å². The molecule has 0 radical (unpaired) electrons. The molecule has 0 aromatic heterocycles. The minimum absolute atomic E-state index is 0.157. The van der Waals surface area contributed by atoms with Gasteiger partial charge < -0.3 is 11.1 Å². The number of hydrogen-bond acceptors (Lipinski definition) is 3. The fourth-order valence-electron chi connectivity index (χ4n) is 0.749. The molecule has 3 N–H and O–H groups in total. The standard InChI is InChI=1S/C8H18N2O2S/c1-3-7(9)8(11)10-5-6-13(12)4-2/h7H,3-6,9H2,1-2H3,(H,10,11)/t7-,13?/m0/s1. The second-order valence-electron chi connectivity index (χ2n) is 2.74. The molecule has 1 amide bonds. The molecule has 78 valence electrons. The van der Waals surface area contributed by atoms with Crippen molar-refractivity contribution < 1.29 is 9.00 Å². The molecule has 4 nitrogen and oxygen atoms in total. The lowest BCUT2D eigenvalue weighted by atomic mass is 10.2. The lowest BCUT2D eigenvalue weighted by molar-refractivity contribution is -0.122. The van der Waals surface area contributed by atoms with Gasteiger partial charge >= 0.3 is 0 Å². The summed E-state index contributed by atoms with van der Waals surface area (Å²) in [7, 11) is -0.814. The Hall–Kier alpha value is -0.420. The van der Waals surface area contributed by atoms with E-state index in [0.717, 1.165) is 0 Å². The number of rotatable bonds is 6. The third kappa shape index (κ3) is 5.76.